The smallest absolute Gasteiger partial charge is 0.259 e. The van der Waals surface area contributed by atoms with Crippen molar-refractivity contribution < 1.29 is 0 Å². The van der Waals surface area contributed by atoms with Crippen molar-refractivity contribution in [3.8, 4) is 0 Å². The quantitative estimate of drug-likeness (QED) is 0.642. The van der Waals surface area contributed by atoms with E-state index >= 15 is 0 Å². The monoisotopic (exact) mass is 251 g/mol. The van der Waals surface area contributed by atoms with Crippen LogP contribution in [-0.2, 0) is 6.42 Å². The van der Waals surface area contributed by atoms with Crippen LogP contribution in [0.25, 0.3) is 0 Å². The molecule has 0 unspecified atom stereocenters. The van der Waals surface area contributed by atoms with Gasteiger partial charge < -0.3 is 16.0 Å². The van der Waals surface area contributed by atoms with Crippen LogP contribution >= 0.6 is 0 Å². The van der Waals surface area contributed by atoms with Crippen LogP contribution in [-0.4, -0.2) is 24.2 Å². The van der Waals surface area contributed by atoms with E-state index in [1.807, 2.05) is 12.1 Å². The standard InChI is InChI=1S/C13H14BN5/c1-2-9-4-3-5-10(6-9)19-13-11(7-18-14)12(15)16-8-17-13/h3-8H,2H2,1H3,(H3,15,16,17,19). The van der Waals surface area contributed by atoms with Crippen molar-refractivity contribution in [3.05, 3.63) is 41.7 Å². The zero-order chi connectivity index (χ0) is 13.7. The molecule has 2 aromatic rings. The van der Waals surface area contributed by atoms with E-state index in [9.17, 15) is 0 Å². The Bertz CT molecular complexity index is 597. The summed E-state index contributed by atoms with van der Waals surface area (Å²) in [7, 11) is 5.17. The predicted octanol–water partition coefficient (Wildman–Crippen LogP) is 1.87. The maximum Gasteiger partial charge on any atom is 0.259 e. The summed E-state index contributed by atoms with van der Waals surface area (Å²) in [5.41, 5.74) is 8.53. The number of benzene rings is 1. The Morgan fingerprint density at radius 3 is 3.00 bits per heavy atom. The van der Waals surface area contributed by atoms with Crippen LogP contribution < -0.4 is 11.1 Å². The number of rotatable bonds is 4. The predicted molar refractivity (Wildman–Crippen MR) is 78.9 cm³/mol. The number of nitrogen functional groups attached to an aromatic ring is 1. The number of nitrogens with one attached hydrogen (secondary N) is 1. The van der Waals surface area contributed by atoms with Crippen molar-refractivity contribution in [2.75, 3.05) is 11.1 Å². The molecule has 1 aromatic carbocycles. The molecule has 0 fully saturated rings. The highest BCUT2D eigenvalue weighted by Gasteiger charge is 2.07. The van der Waals surface area contributed by atoms with E-state index in [2.05, 4.69) is 39.2 Å². The van der Waals surface area contributed by atoms with Gasteiger partial charge in [0.25, 0.3) is 7.98 Å². The van der Waals surface area contributed by atoms with E-state index in [0.29, 0.717) is 17.2 Å². The molecule has 5 nitrogen and oxygen atoms in total. The highest BCUT2D eigenvalue weighted by Crippen LogP contribution is 2.21. The molecule has 0 aliphatic rings. The maximum atomic E-state index is 5.78. The van der Waals surface area contributed by atoms with Gasteiger partial charge in [0.05, 0.1) is 5.56 Å². The van der Waals surface area contributed by atoms with E-state index < -0.39 is 0 Å². The van der Waals surface area contributed by atoms with Crippen molar-refractivity contribution in [1.82, 2.24) is 9.97 Å². The first-order valence-corrected chi connectivity index (χ1v) is 5.94. The lowest BCUT2D eigenvalue weighted by Gasteiger charge is -2.10. The number of aromatic nitrogens is 2. The van der Waals surface area contributed by atoms with Gasteiger partial charge in [-0.3, -0.25) is 0 Å². The SMILES string of the molecule is [B]N=Cc1c(N)ncnc1Nc1cccc(CC)c1. The van der Waals surface area contributed by atoms with E-state index in [0.717, 1.165) is 12.1 Å². The van der Waals surface area contributed by atoms with Crippen LogP contribution in [0.5, 0.6) is 0 Å². The molecule has 19 heavy (non-hydrogen) atoms. The molecular weight excluding hydrogens is 237 g/mol. The van der Waals surface area contributed by atoms with Crippen LogP contribution in [0.4, 0.5) is 17.3 Å². The van der Waals surface area contributed by atoms with Crippen molar-refractivity contribution in [2.45, 2.75) is 13.3 Å². The molecule has 0 amide bonds. The lowest BCUT2D eigenvalue weighted by atomic mass is 10.1. The second-order valence-corrected chi connectivity index (χ2v) is 3.98. The third-order valence-corrected chi connectivity index (χ3v) is 2.72. The van der Waals surface area contributed by atoms with Crippen LogP contribution in [0.3, 0.4) is 0 Å². The summed E-state index contributed by atoms with van der Waals surface area (Å²) in [5, 5.41) is 3.19. The summed E-state index contributed by atoms with van der Waals surface area (Å²) in [6, 6.07) is 8.08. The van der Waals surface area contributed by atoms with Crippen molar-refractivity contribution in [1.29, 1.82) is 0 Å². The molecule has 6 heteroatoms. The van der Waals surface area contributed by atoms with E-state index in [1.165, 1.54) is 18.1 Å². The van der Waals surface area contributed by atoms with Gasteiger partial charge in [0.15, 0.2) is 0 Å². The topological polar surface area (TPSA) is 76.2 Å². The second-order valence-electron chi connectivity index (χ2n) is 3.98. The average Bonchev–Trinajstić information content (AvgIpc) is 2.43. The number of aryl methyl sites for hydroxylation is 1. The fourth-order valence-electron chi connectivity index (χ4n) is 1.72. The molecule has 3 N–H and O–H groups in total. The van der Waals surface area contributed by atoms with Gasteiger partial charge in [-0.05, 0) is 24.1 Å². The summed E-state index contributed by atoms with van der Waals surface area (Å²) in [6.45, 7) is 2.11. The van der Waals surface area contributed by atoms with Gasteiger partial charge >= 0.3 is 0 Å². The van der Waals surface area contributed by atoms with Gasteiger partial charge in [-0.15, -0.1) is 0 Å². The van der Waals surface area contributed by atoms with Crippen LogP contribution in [0.2, 0.25) is 0 Å². The Morgan fingerprint density at radius 2 is 2.26 bits per heavy atom. The fraction of sp³-hybridized carbons (Fsp3) is 0.154. The normalized spacial score (nSPS) is 10.8. The summed E-state index contributed by atoms with van der Waals surface area (Å²) in [5.74, 6) is 0.910. The Morgan fingerprint density at radius 1 is 1.42 bits per heavy atom. The van der Waals surface area contributed by atoms with Gasteiger partial charge in [-0.2, -0.15) is 0 Å². The largest absolute Gasteiger partial charge is 0.383 e. The Balaban J connectivity index is 2.35. The zero-order valence-electron chi connectivity index (χ0n) is 10.7. The lowest BCUT2D eigenvalue weighted by molar-refractivity contribution is 1.14. The average molecular weight is 251 g/mol. The first-order chi connectivity index (χ1) is 9.24. The molecule has 2 rings (SSSR count). The lowest BCUT2D eigenvalue weighted by Crippen LogP contribution is -2.05. The molecule has 0 atom stereocenters. The molecule has 0 aliphatic carbocycles. The third-order valence-electron chi connectivity index (χ3n) is 2.72. The van der Waals surface area contributed by atoms with Gasteiger partial charge in [0.1, 0.15) is 18.0 Å². The van der Waals surface area contributed by atoms with Gasteiger partial charge in [0.2, 0.25) is 0 Å². The molecule has 0 spiro atoms. The molecule has 1 heterocycles. The van der Waals surface area contributed by atoms with E-state index in [4.69, 9.17) is 13.7 Å². The number of nitrogens with zero attached hydrogens (tertiary/aromatic N) is 3. The summed E-state index contributed by atoms with van der Waals surface area (Å²) < 4.78 is 0. The number of nitrogens with two attached hydrogens (primary N) is 1. The molecule has 0 saturated heterocycles. The van der Waals surface area contributed by atoms with E-state index in [1.54, 1.807) is 0 Å². The summed E-state index contributed by atoms with van der Waals surface area (Å²) in [4.78, 5) is 11.6. The number of hydrogen-bond donors (Lipinski definition) is 2. The Hall–Kier alpha value is -2.37. The molecule has 0 bridgehead atoms. The highest BCUT2D eigenvalue weighted by atomic mass is 15.0. The van der Waals surface area contributed by atoms with Gasteiger partial charge in [0, 0.05) is 11.9 Å². The van der Waals surface area contributed by atoms with Crippen LogP contribution in [0.15, 0.2) is 35.5 Å². The summed E-state index contributed by atoms with van der Waals surface area (Å²) in [6.07, 6.45) is 3.80. The summed E-state index contributed by atoms with van der Waals surface area (Å²) >= 11 is 0. The second kappa shape index (κ2) is 5.99. The molecule has 2 radical (unpaired) electrons. The minimum Gasteiger partial charge on any atom is -0.383 e. The minimum atomic E-state index is 0.332. The molecule has 94 valence electrons. The van der Waals surface area contributed by atoms with E-state index in [-0.39, 0.29) is 0 Å². The van der Waals surface area contributed by atoms with Crippen molar-refractivity contribution in [2.24, 2.45) is 4.90 Å². The first kappa shape index (κ1) is 13.1. The fourth-order valence-corrected chi connectivity index (χ4v) is 1.72. The number of hydrogen-bond acceptors (Lipinski definition) is 5. The van der Waals surface area contributed by atoms with Gasteiger partial charge in [-0.1, -0.05) is 19.1 Å². The molecule has 0 aliphatic heterocycles. The van der Waals surface area contributed by atoms with Crippen molar-refractivity contribution >= 4 is 31.5 Å². The zero-order valence-corrected chi connectivity index (χ0v) is 10.7. The molecule has 0 saturated carbocycles. The van der Waals surface area contributed by atoms with Gasteiger partial charge in [-0.25, -0.2) is 9.97 Å². The Labute approximate surface area is 113 Å². The number of anilines is 3. The third kappa shape index (κ3) is 3.10. The molecule has 1 aromatic heterocycles. The minimum absolute atomic E-state index is 0.332. The van der Waals surface area contributed by atoms with Crippen LogP contribution in [0.1, 0.15) is 18.1 Å². The van der Waals surface area contributed by atoms with Crippen LogP contribution in [0, 0.1) is 0 Å². The first-order valence-electron chi connectivity index (χ1n) is 5.94. The highest BCUT2D eigenvalue weighted by molar-refractivity contribution is 6.12. The maximum absolute atomic E-state index is 5.78. The van der Waals surface area contributed by atoms with Crippen molar-refractivity contribution in [3.63, 3.8) is 0 Å². The Kier molecular flexibility index (Phi) is 4.13. The molecular formula is C13H14BN5.